The van der Waals surface area contributed by atoms with Crippen LogP contribution < -0.4 is 5.73 Å². The molecule has 3 heteroatoms. The van der Waals surface area contributed by atoms with E-state index in [0.717, 1.165) is 11.1 Å². The fourth-order valence-corrected chi connectivity index (χ4v) is 1.12. The molecular weight excluding hydrogens is 154 g/mol. The molecule has 0 heterocycles. The number of rotatable bonds is 2. The van der Waals surface area contributed by atoms with E-state index >= 15 is 0 Å². The molecule has 0 atom stereocenters. The maximum Gasteiger partial charge on any atom is 0.248 e. The van der Waals surface area contributed by atoms with E-state index < -0.39 is 5.91 Å². The molecule has 1 aromatic rings. The zero-order valence-electron chi connectivity index (χ0n) is 6.87. The molecule has 0 aliphatic carbocycles. The summed E-state index contributed by atoms with van der Waals surface area (Å²) >= 11 is 0. The lowest BCUT2D eigenvalue weighted by Crippen LogP contribution is -2.13. The monoisotopic (exact) mass is 165 g/mol. The van der Waals surface area contributed by atoms with Crippen LogP contribution in [0.4, 0.5) is 0 Å². The van der Waals surface area contributed by atoms with Gasteiger partial charge in [-0.3, -0.25) is 4.79 Å². The number of aliphatic hydroxyl groups excluding tert-OH is 1. The predicted octanol–water partition coefficient (Wildman–Crippen LogP) is 0.586. The van der Waals surface area contributed by atoms with Gasteiger partial charge in [0.05, 0.1) is 6.61 Å². The topological polar surface area (TPSA) is 63.3 Å². The molecule has 12 heavy (non-hydrogen) atoms. The second-order valence-electron chi connectivity index (χ2n) is 2.61. The van der Waals surface area contributed by atoms with Gasteiger partial charge in [0.15, 0.2) is 0 Å². The van der Waals surface area contributed by atoms with Crippen LogP contribution in [0.25, 0.3) is 0 Å². The van der Waals surface area contributed by atoms with Gasteiger partial charge in [-0.25, -0.2) is 0 Å². The number of carbonyl (C=O) groups excluding carboxylic acids is 1. The maximum atomic E-state index is 10.8. The van der Waals surface area contributed by atoms with Crippen molar-refractivity contribution in [3.63, 3.8) is 0 Å². The molecule has 0 fully saturated rings. The lowest BCUT2D eigenvalue weighted by atomic mass is 10.0. The Labute approximate surface area is 70.8 Å². The molecular formula is C9H11NO2. The number of amides is 1. The molecule has 3 nitrogen and oxygen atoms in total. The fraction of sp³-hybridized carbons (Fsp3) is 0.222. The molecule has 0 bridgehead atoms. The summed E-state index contributed by atoms with van der Waals surface area (Å²) in [5.41, 5.74) is 7.09. The van der Waals surface area contributed by atoms with Crippen molar-refractivity contribution in [2.45, 2.75) is 13.5 Å². The number of primary amides is 1. The highest BCUT2D eigenvalue weighted by Crippen LogP contribution is 2.12. The molecule has 1 amide bonds. The quantitative estimate of drug-likeness (QED) is 0.673. The smallest absolute Gasteiger partial charge is 0.248 e. The first-order valence-corrected chi connectivity index (χ1v) is 3.66. The van der Waals surface area contributed by atoms with Crippen molar-refractivity contribution in [2.75, 3.05) is 0 Å². The molecule has 0 aromatic heterocycles. The van der Waals surface area contributed by atoms with E-state index in [1.54, 1.807) is 25.1 Å². The Kier molecular flexibility index (Phi) is 2.45. The van der Waals surface area contributed by atoms with Crippen LogP contribution in [-0.2, 0) is 6.61 Å². The third kappa shape index (κ3) is 1.46. The molecule has 64 valence electrons. The summed E-state index contributed by atoms with van der Waals surface area (Å²) in [6, 6.07) is 5.12. The van der Waals surface area contributed by atoms with Crippen molar-refractivity contribution in [2.24, 2.45) is 5.73 Å². The van der Waals surface area contributed by atoms with E-state index in [-0.39, 0.29) is 6.61 Å². The Morgan fingerprint density at radius 3 is 2.75 bits per heavy atom. The maximum absolute atomic E-state index is 10.8. The summed E-state index contributed by atoms with van der Waals surface area (Å²) in [5, 5.41) is 8.87. The van der Waals surface area contributed by atoms with Gasteiger partial charge in [0, 0.05) is 5.56 Å². The first-order chi connectivity index (χ1) is 5.66. The highest BCUT2D eigenvalue weighted by molar-refractivity contribution is 5.94. The van der Waals surface area contributed by atoms with Crippen molar-refractivity contribution in [3.8, 4) is 0 Å². The second kappa shape index (κ2) is 3.36. The van der Waals surface area contributed by atoms with Gasteiger partial charge < -0.3 is 10.8 Å². The minimum atomic E-state index is -0.456. The average molecular weight is 165 g/mol. The van der Waals surface area contributed by atoms with Crippen LogP contribution in [0.2, 0.25) is 0 Å². The number of aliphatic hydroxyl groups is 1. The van der Waals surface area contributed by atoms with Crippen LogP contribution in [0.15, 0.2) is 18.2 Å². The number of benzene rings is 1. The van der Waals surface area contributed by atoms with Gasteiger partial charge in [-0.1, -0.05) is 12.1 Å². The van der Waals surface area contributed by atoms with Gasteiger partial charge in [0.25, 0.3) is 0 Å². The van der Waals surface area contributed by atoms with E-state index in [4.69, 9.17) is 10.8 Å². The Bertz CT molecular complexity index is 307. The van der Waals surface area contributed by atoms with Crippen molar-refractivity contribution in [1.29, 1.82) is 0 Å². The summed E-state index contributed by atoms with van der Waals surface area (Å²) < 4.78 is 0. The number of hydrogen-bond acceptors (Lipinski definition) is 2. The zero-order chi connectivity index (χ0) is 9.14. The third-order valence-corrected chi connectivity index (χ3v) is 1.88. The lowest BCUT2D eigenvalue weighted by molar-refractivity contribution is 0.0999. The number of nitrogens with two attached hydrogens (primary N) is 1. The highest BCUT2D eigenvalue weighted by atomic mass is 16.3. The van der Waals surface area contributed by atoms with Gasteiger partial charge >= 0.3 is 0 Å². The minimum absolute atomic E-state index is 0.0625. The first kappa shape index (κ1) is 8.74. The van der Waals surface area contributed by atoms with E-state index in [2.05, 4.69) is 0 Å². The Hall–Kier alpha value is -1.35. The van der Waals surface area contributed by atoms with E-state index in [0.29, 0.717) is 5.56 Å². The SMILES string of the molecule is Cc1c(CO)cccc1C(N)=O. The summed E-state index contributed by atoms with van der Waals surface area (Å²) in [5.74, 6) is -0.456. The van der Waals surface area contributed by atoms with Crippen LogP contribution in [0.3, 0.4) is 0 Å². The molecule has 0 radical (unpaired) electrons. The van der Waals surface area contributed by atoms with E-state index in [9.17, 15) is 4.79 Å². The van der Waals surface area contributed by atoms with E-state index in [1.807, 2.05) is 0 Å². The third-order valence-electron chi connectivity index (χ3n) is 1.88. The van der Waals surface area contributed by atoms with Gasteiger partial charge in [-0.2, -0.15) is 0 Å². The number of hydrogen-bond donors (Lipinski definition) is 2. The summed E-state index contributed by atoms with van der Waals surface area (Å²) in [4.78, 5) is 10.8. The Morgan fingerprint density at radius 1 is 1.58 bits per heavy atom. The zero-order valence-corrected chi connectivity index (χ0v) is 6.87. The number of carbonyl (C=O) groups is 1. The summed E-state index contributed by atoms with van der Waals surface area (Å²) in [6.45, 7) is 1.71. The normalized spacial score (nSPS) is 9.83. The van der Waals surface area contributed by atoms with Crippen molar-refractivity contribution in [1.82, 2.24) is 0 Å². The van der Waals surface area contributed by atoms with Crippen LogP contribution in [0, 0.1) is 6.92 Å². The highest BCUT2D eigenvalue weighted by Gasteiger charge is 2.06. The molecule has 1 rings (SSSR count). The van der Waals surface area contributed by atoms with Gasteiger partial charge in [-0.15, -0.1) is 0 Å². The average Bonchev–Trinajstić information content (AvgIpc) is 2.04. The van der Waals surface area contributed by atoms with Crippen LogP contribution in [0.1, 0.15) is 21.5 Å². The van der Waals surface area contributed by atoms with Gasteiger partial charge in [0.1, 0.15) is 0 Å². The van der Waals surface area contributed by atoms with Gasteiger partial charge in [0.2, 0.25) is 5.91 Å². The molecule has 1 aromatic carbocycles. The lowest BCUT2D eigenvalue weighted by Gasteiger charge is -2.05. The minimum Gasteiger partial charge on any atom is -0.392 e. The molecule has 0 saturated heterocycles. The second-order valence-corrected chi connectivity index (χ2v) is 2.61. The predicted molar refractivity (Wildman–Crippen MR) is 45.6 cm³/mol. The Morgan fingerprint density at radius 2 is 2.25 bits per heavy atom. The molecule has 0 unspecified atom stereocenters. The standard InChI is InChI=1S/C9H11NO2/c1-6-7(5-11)3-2-4-8(6)9(10)12/h2-4,11H,5H2,1H3,(H2,10,12). The Balaban J connectivity index is 3.23. The largest absolute Gasteiger partial charge is 0.392 e. The molecule has 0 aliphatic rings. The van der Waals surface area contributed by atoms with Gasteiger partial charge in [-0.05, 0) is 24.1 Å². The first-order valence-electron chi connectivity index (χ1n) is 3.66. The van der Waals surface area contributed by atoms with Crippen LogP contribution in [0.5, 0.6) is 0 Å². The molecule has 0 saturated carbocycles. The summed E-state index contributed by atoms with van der Waals surface area (Å²) in [6.07, 6.45) is 0. The molecule has 0 aliphatic heterocycles. The van der Waals surface area contributed by atoms with Crippen molar-refractivity contribution < 1.29 is 9.90 Å². The van der Waals surface area contributed by atoms with E-state index in [1.165, 1.54) is 0 Å². The molecule has 3 N–H and O–H groups in total. The fourth-order valence-electron chi connectivity index (χ4n) is 1.12. The van der Waals surface area contributed by atoms with Crippen molar-refractivity contribution >= 4 is 5.91 Å². The van der Waals surface area contributed by atoms with Crippen LogP contribution >= 0.6 is 0 Å². The molecule has 0 spiro atoms. The van der Waals surface area contributed by atoms with Crippen LogP contribution in [-0.4, -0.2) is 11.0 Å². The summed E-state index contributed by atoms with van der Waals surface area (Å²) in [7, 11) is 0. The van der Waals surface area contributed by atoms with Crippen molar-refractivity contribution in [3.05, 3.63) is 34.9 Å².